The van der Waals surface area contributed by atoms with Crippen molar-refractivity contribution in [2.24, 2.45) is 7.05 Å². The van der Waals surface area contributed by atoms with Crippen molar-refractivity contribution >= 4 is 57.1 Å². The first-order chi connectivity index (χ1) is 27.2. The van der Waals surface area contributed by atoms with E-state index in [0.29, 0.717) is 36.7 Å². The number of fused-ring (bicyclic) bond motifs is 4. The maximum Gasteiger partial charge on any atom is 0.250 e. The van der Waals surface area contributed by atoms with E-state index in [4.69, 9.17) is 33.0 Å². The fraction of sp³-hybridized carbons (Fsp3) is 0.326. The molecule has 6 aromatic rings. The van der Waals surface area contributed by atoms with Gasteiger partial charge in [-0.05, 0) is 107 Å². The fourth-order valence-electron chi connectivity index (χ4n) is 9.12. The quantitative estimate of drug-likeness (QED) is 0.110. The van der Waals surface area contributed by atoms with Crippen LogP contribution >= 0.6 is 23.2 Å². The zero-order valence-corrected chi connectivity index (χ0v) is 35.0. The van der Waals surface area contributed by atoms with Gasteiger partial charge in [-0.2, -0.15) is 5.10 Å². The van der Waals surface area contributed by atoms with Crippen LogP contribution < -0.4 is 14.5 Å². The third-order valence-corrected chi connectivity index (χ3v) is 12.7. The van der Waals surface area contributed by atoms with E-state index in [1.807, 2.05) is 105 Å². The number of hydrogen-bond acceptors (Lipinski definition) is 6. The lowest BCUT2D eigenvalue weighted by molar-refractivity contribution is -0.121. The lowest BCUT2D eigenvalue weighted by Gasteiger charge is -2.45. The highest BCUT2D eigenvalue weighted by atomic mass is 35.5. The molecule has 0 bridgehead atoms. The smallest absolute Gasteiger partial charge is 0.250 e. The lowest BCUT2D eigenvalue weighted by atomic mass is 9.87. The first-order valence-electron chi connectivity index (χ1n) is 19.5. The van der Waals surface area contributed by atoms with Gasteiger partial charge in [0.05, 0.1) is 46.5 Å². The first-order valence-corrected chi connectivity index (χ1v) is 20.2. The molecule has 0 aliphatic carbocycles. The predicted octanol–water partition coefficient (Wildman–Crippen LogP) is 10.4. The fourth-order valence-corrected chi connectivity index (χ4v) is 9.47. The number of carbonyl (C=O) groups excluding carboxylic acids is 1. The molecule has 1 amide bonds. The number of piperazine rings is 1. The highest BCUT2D eigenvalue weighted by Crippen LogP contribution is 2.54. The monoisotopic (exact) mass is 802 g/mol. The molecule has 5 heterocycles. The number of anilines is 2. The van der Waals surface area contributed by atoms with Crippen LogP contribution in [0.15, 0.2) is 73.6 Å². The van der Waals surface area contributed by atoms with E-state index in [9.17, 15) is 5.11 Å². The molecule has 294 valence electrons. The van der Waals surface area contributed by atoms with Crippen LogP contribution in [-0.4, -0.2) is 55.6 Å². The Morgan fingerprint density at radius 2 is 1.77 bits per heavy atom. The van der Waals surface area contributed by atoms with Gasteiger partial charge in [0.25, 0.3) is 0 Å². The molecule has 0 radical (unpaired) electrons. The number of aliphatic hydroxyl groups excluding tert-OH is 1. The van der Waals surface area contributed by atoms with Crippen LogP contribution in [0.5, 0.6) is 5.75 Å². The average Bonchev–Trinajstić information content (AvgIpc) is 3.80. The van der Waals surface area contributed by atoms with Crippen LogP contribution in [0, 0.1) is 34.6 Å². The number of nitrogens with zero attached hydrogens (tertiary/aromatic N) is 6. The molecular formula is C46H48Cl2N6O3. The Bertz CT molecular complexity index is 2550. The molecule has 3 atom stereocenters. The number of hydrogen-bond donors (Lipinski definition) is 1. The number of halogens is 2. The Labute approximate surface area is 344 Å². The summed E-state index contributed by atoms with van der Waals surface area (Å²) in [6.07, 6.45) is 5.20. The first kappa shape index (κ1) is 38.6. The second kappa shape index (κ2) is 14.9. The minimum absolute atomic E-state index is 0.0129. The van der Waals surface area contributed by atoms with Gasteiger partial charge >= 0.3 is 0 Å². The van der Waals surface area contributed by atoms with Gasteiger partial charge in [-0.25, -0.2) is 0 Å². The summed E-state index contributed by atoms with van der Waals surface area (Å²) in [6.45, 7) is 17.5. The minimum atomic E-state index is -0.497. The molecular weight excluding hydrogens is 755 g/mol. The third-order valence-electron chi connectivity index (χ3n) is 11.8. The molecule has 2 unspecified atom stereocenters. The Kier molecular flexibility index (Phi) is 10.1. The van der Waals surface area contributed by atoms with Crippen molar-refractivity contribution in [2.75, 3.05) is 23.0 Å². The van der Waals surface area contributed by atoms with Crippen molar-refractivity contribution in [1.29, 1.82) is 0 Å². The zero-order chi connectivity index (χ0) is 40.4. The van der Waals surface area contributed by atoms with Crippen LogP contribution in [-0.2, 0) is 18.4 Å². The summed E-state index contributed by atoms with van der Waals surface area (Å²) in [4.78, 5) is 24.4. The van der Waals surface area contributed by atoms with Crippen LogP contribution in [0.2, 0.25) is 10.0 Å². The number of rotatable bonds is 10. The molecule has 1 N–H and O–H groups in total. The molecule has 2 aliphatic rings. The maximum atomic E-state index is 15.5. The van der Waals surface area contributed by atoms with Crippen molar-refractivity contribution in [3.05, 3.63) is 129 Å². The largest absolute Gasteiger partial charge is 0.508 e. The van der Waals surface area contributed by atoms with E-state index < -0.39 is 6.04 Å². The van der Waals surface area contributed by atoms with E-state index in [1.54, 1.807) is 0 Å². The SMILES string of the molecule is C=C(O)c1cn(Cc2ccc(C)cn2)c2c(N3C[C@@H](C)N4c5c(ccc(Cl)c5-c5c(C)nn(C)c5C)C(CCCOc5cc(C)c(Cl)c(C)c5)C4C3=O)cccc12. The van der Waals surface area contributed by atoms with Gasteiger partial charge in [0.15, 0.2) is 0 Å². The minimum Gasteiger partial charge on any atom is -0.508 e. The normalized spacial score (nSPS) is 17.7. The van der Waals surface area contributed by atoms with Crippen LogP contribution in [0.25, 0.3) is 27.8 Å². The summed E-state index contributed by atoms with van der Waals surface area (Å²) in [6, 6.07) is 17.5. The maximum absolute atomic E-state index is 15.5. The highest BCUT2D eigenvalue weighted by Gasteiger charge is 2.51. The van der Waals surface area contributed by atoms with Gasteiger partial charge in [-0.3, -0.25) is 14.5 Å². The molecule has 0 spiro atoms. The molecule has 57 heavy (non-hydrogen) atoms. The van der Waals surface area contributed by atoms with Crippen LogP contribution in [0.4, 0.5) is 11.4 Å². The topological polar surface area (TPSA) is 88.7 Å². The number of carbonyl (C=O) groups is 1. The van der Waals surface area contributed by atoms with E-state index in [1.165, 1.54) is 0 Å². The number of aliphatic hydroxyl groups is 1. The molecule has 1 fully saturated rings. The molecule has 1 saturated heterocycles. The van der Waals surface area contributed by atoms with Gasteiger partial charge in [-0.1, -0.05) is 54.0 Å². The number of ether oxygens (including phenoxy) is 1. The summed E-state index contributed by atoms with van der Waals surface area (Å²) in [5.74, 6) is 0.632. The van der Waals surface area contributed by atoms with Gasteiger partial charge in [0.2, 0.25) is 5.91 Å². The summed E-state index contributed by atoms with van der Waals surface area (Å²) < 4.78 is 10.3. The Morgan fingerprint density at radius 3 is 2.44 bits per heavy atom. The molecule has 3 aromatic carbocycles. The molecule has 9 nitrogen and oxygen atoms in total. The Hall–Kier alpha value is -5.25. The number of benzene rings is 3. The van der Waals surface area contributed by atoms with Crippen molar-refractivity contribution in [1.82, 2.24) is 19.3 Å². The molecule has 2 aliphatic heterocycles. The Morgan fingerprint density at radius 1 is 1.02 bits per heavy atom. The molecule has 11 heteroatoms. The Balaban J connectivity index is 1.22. The van der Waals surface area contributed by atoms with Gasteiger partial charge in [0.1, 0.15) is 17.6 Å². The second-order valence-electron chi connectivity index (χ2n) is 15.8. The van der Waals surface area contributed by atoms with Crippen molar-refractivity contribution in [3.63, 3.8) is 0 Å². The van der Waals surface area contributed by atoms with E-state index in [0.717, 1.165) is 89.9 Å². The number of aromatic nitrogens is 4. The molecule has 8 rings (SSSR count). The predicted molar refractivity (Wildman–Crippen MR) is 231 cm³/mol. The summed E-state index contributed by atoms with van der Waals surface area (Å²) in [7, 11) is 1.95. The summed E-state index contributed by atoms with van der Waals surface area (Å²) in [5.41, 5.74) is 12.1. The standard InChI is InChI=1S/C46H48Cl2N6O3/c1-25-14-15-32(49-21-25)23-52-24-37(31(7)55)35-11-9-13-39(43(35)52)53-22-28(4)54-44-36(16-17-38(47)41(44)40-29(5)50-51(8)30(40)6)34(45(54)46(53)56)12-10-18-57-33-19-26(2)42(48)27(3)20-33/h9,11,13-17,19-21,24,28,34,45,55H,7,10,12,18,22-23H2,1-6,8H3/t28-,34?,45?/m1/s1. The van der Waals surface area contributed by atoms with Crippen LogP contribution in [0.1, 0.15) is 70.6 Å². The number of pyridine rings is 1. The van der Waals surface area contributed by atoms with Gasteiger partial charge < -0.3 is 24.2 Å². The number of para-hydroxylation sites is 1. The van der Waals surface area contributed by atoms with Crippen molar-refractivity contribution in [3.8, 4) is 16.9 Å². The van der Waals surface area contributed by atoms with Crippen LogP contribution in [0.3, 0.4) is 0 Å². The number of aryl methyl sites for hydroxylation is 5. The van der Waals surface area contributed by atoms with Gasteiger partial charge in [-0.15, -0.1) is 0 Å². The third kappa shape index (κ3) is 6.64. The second-order valence-corrected chi connectivity index (χ2v) is 16.6. The van der Waals surface area contributed by atoms with E-state index in [2.05, 4.69) is 40.9 Å². The average molecular weight is 804 g/mol. The summed E-state index contributed by atoms with van der Waals surface area (Å²) >= 11 is 13.6. The molecule has 0 saturated carbocycles. The molecule has 3 aromatic heterocycles. The zero-order valence-electron chi connectivity index (χ0n) is 33.5. The lowest BCUT2D eigenvalue weighted by Crippen LogP contribution is -2.61. The summed E-state index contributed by atoms with van der Waals surface area (Å²) in [5, 5.41) is 17.7. The van der Waals surface area contributed by atoms with Crippen molar-refractivity contribution < 1.29 is 14.6 Å². The number of amides is 1. The van der Waals surface area contributed by atoms with E-state index in [-0.39, 0.29) is 23.6 Å². The van der Waals surface area contributed by atoms with Crippen molar-refractivity contribution in [2.45, 2.75) is 78.9 Å². The highest BCUT2D eigenvalue weighted by molar-refractivity contribution is 6.34. The van der Waals surface area contributed by atoms with Gasteiger partial charge in [0, 0.05) is 70.7 Å². The van der Waals surface area contributed by atoms with E-state index >= 15 is 4.79 Å².